The number of methoxy groups -OCH3 is 3. The fourth-order valence-corrected chi connectivity index (χ4v) is 2.53. The van der Waals surface area contributed by atoms with Gasteiger partial charge in [0.2, 0.25) is 0 Å². The molecule has 5 nitrogen and oxygen atoms in total. The van der Waals surface area contributed by atoms with Crippen LogP contribution in [0.4, 0.5) is 5.69 Å². The molecule has 0 saturated carbocycles. The highest BCUT2D eigenvalue weighted by atomic mass is 16.5. The number of esters is 1. The molecule has 1 saturated heterocycles. The van der Waals surface area contributed by atoms with Crippen molar-refractivity contribution in [3.05, 3.63) is 18.2 Å². The van der Waals surface area contributed by atoms with E-state index in [0.29, 0.717) is 12.3 Å². The summed E-state index contributed by atoms with van der Waals surface area (Å²) in [5, 5.41) is 0. The fraction of sp³-hybridized carbons (Fsp3) is 0.533. The zero-order chi connectivity index (χ0) is 14.5. The zero-order valence-corrected chi connectivity index (χ0v) is 12.2. The Balaban J connectivity index is 2.07. The second-order valence-electron chi connectivity index (χ2n) is 4.95. The Kier molecular flexibility index (Phi) is 4.71. The third-order valence-electron chi connectivity index (χ3n) is 3.67. The molecule has 0 aromatic heterocycles. The van der Waals surface area contributed by atoms with Crippen molar-refractivity contribution in [2.24, 2.45) is 5.92 Å². The second-order valence-corrected chi connectivity index (χ2v) is 4.95. The van der Waals surface area contributed by atoms with Crippen molar-refractivity contribution in [3.63, 3.8) is 0 Å². The van der Waals surface area contributed by atoms with Crippen molar-refractivity contribution in [3.8, 4) is 11.5 Å². The number of carbonyl (C=O) groups is 1. The van der Waals surface area contributed by atoms with E-state index in [1.165, 1.54) is 7.11 Å². The van der Waals surface area contributed by atoms with E-state index in [4.69, 9.17) is 14.2 Å². The van der Waals surface area contributed by atoms with E-state index in [0.717, 1.165) is 36.7 Å². The van der Waals surface area contributed by atoms with Gasteiger partial charge in [-0.05, 0) is 12.3 Å². The Bertz CT molecular complexity index is 453. The van der Waals surface area contributed by atoms with Crippen molar-refractivity contribution in [1.82, 2.24) is 0 Å². The van der Waals surface area contributed by atoms with Crippen LogP contribution < -0.4 is 14.4 Å². The lowest BCUT2D eigenvalue weighted by Crippen LogP contribution is -2.20. The minimum Gasteiger partial charge on any atom is -0.497 e. The van der Waals surface area contributed by atoms with Gasteiger partial charge in [-0.2, -0.15) is 0 Å². The van der Waals surface area contributed by atoms with Gasteiger partial charge < -0.3 is 19.1 Å². The lowest BCUT2D eigenvalue weighted by atomic mass is 10.1. The molecule has 1 aliphatic rings. The highest BCUT2D eigenvalue weighted by Crippen LogP contribution is 2.32. The minimum atomic E-state index is -0.139. The lowest BCUT2D eigenvalue weighted by molar-refractivity contribution is -0.141. The summed E-state index contributed by atoms with van der Waals surface area (Å²) in [5.74, 6) is 1.76. The van der Waals surface area contributed by atoms with Gasteiger partial charge in [-0.1, -0.05) is 0 Å². The Morgan fingerprint density at radius 2 is 1.85 bits per heavy atom. The average molecular weight is 279 g/mol. The van der Waals surface area contributed by atoms with Gasteiger partial charge >= 0.3 is 5.97 Å². The normalized spacial score (nSPS) is 17.9. The van der Waals surface area contributed by atoms with E-state index in [2.05, 4.69) is 4.90 Å². The van der Waals surface area contributed by atoms with Crippen molar-refractivity contribution in [1.29, 1.82) is 0 Å². The number of ether oxygens (including phenoxy) is 3. The van der Waals surface area contributed by atoms with E-state index >= 15 is 0 Å². The number of benzene rings is 1. The second kappa shape index (κ2) is 6.50. The van der Waals surface area contributed by atoms with Gasteiger partial charge in [-0.25, -0.2) is 0 Å². The number of carbonyl (C=O) groups excluding carboxylic acids is 1. The SMILES string of the molecule is COC(=O)CC1CCN(c2cc(OC)cc(OC)c2)C1. The number of rotatable bonds is 5. The molecular formula is C15H21NO4. The van der Waals surface area contributed by atoms with Gasteiger partial charge in [0.15, 0.2) is 0 Å². The number of hydrogen-bond donors (Lipinski definition) is 0. The summed E-state index contributed by atoms with van der Waals surface area (Å²) in [6.07, 6.45) is 1.47. The van der Waals surface area contributed by atoms with Gasteiger partial charge in [0.25, 0.3) is 0 Å². The van der Waals surface area contributed by atoms with Crippen molar-refractivity contribution < 1.29 is 19.0 Å². The van der Waals surface area contributed by atoms with E-state index < -0.39 is 0 Å². The smallest absolute Gasteiger partial charge is 0.305 e. The molecule has 1 unspecified atom stereocenters. The van der Waals surface area contributed by atoms with Crippen LogP contribution in [0.15, 0.2) is 18.2 Å². The van der Waals surface area contributed by atoms with Crippen molar-refractivity contribution in [2.75, 3.05) is 39.3 Å². The summed E-state index contributed by atoms with van der Waals surface area (Å²) in [4.78, 5) is 13.6. The molecule has 1 aliphatic heterocycles. The van der Waals surface area contributed by atoms with E-state index in [1.54, 1.807) is 14.2 Å². The molecular weight excluding hydrogens is 258 g/mol. The van der Waals surface area contributed by atoms with Crippen LogP contribution in [0.2, 0.25) is 0 Å². The van der Waals surface area contributed by atoms with Gasteiger partial charge in [0.1, 0.15) is 11.5 Å². The Hall–Kier alpha value is -1.91. The van der Waals surface area contributed by atoms with Crippen LogP contribution in [0.25, 0.3) is 0 Å². The summed E-state index contributed by atoms with van der Waals surface area (Å²) < 4.78 is 15.3. The summed E-state index contributed by atoms with van der Waals surface area (Å²) in [6.45, 7) is 1.78. The number of anilines is 1. The highest BCUT2D eigenvalue weighted by molar-refractivity contribution is 5.69. The van der Waals surface area contributed by atoms with Crippen molar-refractivity contribution in [2.45, 2.75) is 12.8 Å². The highest BCUT2D eigenvalue weighted by Gasteiger charge is 2.25. The van der Waals surface area contributed by atoms with E-state index in [-0.39, 0.29) is 5.97 Å². The first-order chi connectivity index (χ1) is 9.66. The Labute approximate surface area is 119 Å². The molecule has 0 radical (unpaired) electrons. The molecule has 1 aromatic carbocycles. The predicted octanol–water partition coefficient (Wildman–Crippen LogP) is 2.09. The number of nitrogens with zero attached hydrogens (tertiary/aromatic N) is 1. The van der Waals surface area contributed by atoms with Crippen LogP contribution in [-0.2, 0) is 9.53 Å². The maximum atomic E-state index is 11.3. The summed E-state index contributed by atoms with van der Waals surface area (Å²) in [5.41, 5.74) is 1.06. The molecule has 0 amide bonds. The van der Waals surface area contributed by atoms with Gasteiger partial charge in [-0.3, -0.25) is 4.79 Å². The molecule has 0 bridgehead atoms. The third kappa shape index (κ3) is 3.35. The van der Waals surface area contributed by atoms with Crippen LogP contribution >= 0.6 is 0 Å². The molecule has 1 aromatic rings. The molecule has 20 heavy (non-hydrogen) atoms. The lowest BCUT2D eigenvalue weighted by Gasteiger charge is -2.20. The van der Waals surface area contributed by atoms with Crippen molar-refractivity contribution >= 4 is 11.7 Å². The molecule has 1 atom stereocenters. The molecule has 110 valence electrons. The topological polar surface area (TPSA) is 48.0 Å². The summed E-state index contributed by atoms with van der Waals surface area (Å²) in [7, 11) is 4.72. The van der Waals surface area contributed by atoms with Crippen LogP contribution in [0, 0.1) is 5.92 Å². The Morgan fingerprint density at radius 1 is 1.20 bits per heavy atom. The van der Waals surface area contributed by atoms with E-state index in [1.807, 2.05) is 18.2 Å². The molecule has 0 spiro atoms. The summed E-state index contributed by atoms with van der Waals surface area (Å²) >= 11 is 0. The number of hydrogen-bond acceptors (Lipinski definition) is 5. The quantitative estimate of drug-likeness (QED) is 0.772. The maximum absolute atomic E-state index is 11.3. The van der Waals surface area contributed by atoms with Crippen LogP contribution in [0.1, 0.15) is 12.8 Å². The fourth-order valence-electron chi connectivity index (χ4n) is 2.53. The molecule has 0 aliphatic carbocycles. The largest absolute Gasteiger partial charge is 0.497 e. The maximum Gasteiger partial charge on any atom is 0.305 e. The van der Waals surface area contributed by atoms with Gasteiger partial charge in [0, 0.05) is 37.0 Å². The Morgan fingerprint density at radius 3 is 2.40 bits per heavy atom. The molecule has 0 N–H and O–H groups in total. The van der Waals surface area contributed by atoms with Crippen LogP contribution in [0.3, 0.4) is 0 Å². The molecule has 1 fully saturated rings. The molecule has 1 heterocycles. The standard InChI is InChI=1S/C15H21NO4/c1-18-13-7-12(8-14(9-13)19-2)16-5-4-11(10-16)6-15(17)20-3/h7-9,11H,4-6,10H2,1-3H3. The molecule has 5 heteroatoms. The minimum absolute atomic E-state index is 0.139. The van der Waals surface area contributed by atoms with E-state index in [9.17, 15) is 4.79 Å². The predicted molar refractivity (Wildman–Crippen MR) is 76.5 cm³/mol. The monoisotopic (exact) mass is 279 g/mol. The van der Waals surface area contributed by atoms with Crippen LogP contribution in [0.5, 0.6) is 11.5 Å². The average Bonchev–Trinajstić information content (AvgIpc) is 2.94. The zero-order valence-electron chi connectivity index (χ0n) is 12.2. The molecule has 2 rings (SSSR count). The summed E-state index contributed by atoms with van der Waals surface area (Å²) in [6, 6.07) is 5.83. The first-order valence-corrected chi connectivity index (χ1v) is 6.71. The van der Waals surface area contributed by atoms with Gasteiger partial charge in [-0.15, -0.1) is 0 Å². The first kappa shape index (κ1) is 14.5. The van der Waals surface area contributed by atoms with Crippen LogP contribution in [-0.4, -0.2) is 40.4 Å². The first-order valence-electron chi connectivity index (χ1n) is 6.71. The van der Waals surface area contributed by atoms with Gasteiger partial charge in [0.05, 0.1) is 27.8 Å². The third-order valence-corrected chi connectivity index (χ3v) is 3.67.